The van der Waals surface area contributed by atoms with Crippen molar-refractivity contribution in [2.45, 2.75) is 64.5 Å². The van der Waals surface area contributed by atoms with Gasteiger partial charge < -0.3 is 16.2 Å². The zero-order valence-electron chi connectivity index (χ0n) is 11.1. The number of nitrogens with one attached hydrogen (secondary N) is 1. The molecular formula is C13H28N2O. The van der Waals surface area contributed by atoms with Crippen LogP contribution in [0.25, 0.3) is 0 Å². The third-order valence-corrected chi connectivity index (χ3v) is 4.07. The predicted molar refractivity (Wildman–Crippen MR) is 68.3 cm³/mol. The van der Waals surface area contributed by atoms with Gasteiger partial charge in [-0.1, -0.05) is 13.8 Å². The quantitative estimate of drug-likeness (QED) is 0.670. The van der Waals surface area contributed by atoms with E-state index in [1.54, 1.807) is 0 Å². The molecule has 0 aromatic heterocycles. The van der Waals surface area contributed by atoms with Crippen LogP contribution in [-0.2, 0) is 0 Å². The maximum Gasteiger partial charge on any atom is 0.0445 e. The molecule has 0 amide bonds. The van der Waals surface area contributed by atoms with Gasteiger partial charge in [0.1, 0.15) is 0 Å². The number of rotatable bonds is 5. The lowest BCUT2D eigenvalue weighted by Gasteiger charge is -2.45. The minimum absolute atomic E-state index is 0.115. The van der Waals surface area contributed by atoms with Gasteiger partial charge in [0.25, 0.3) is 0 Å². The van der Waals surface area contributed by atoms with Crippen molar-refractivity contribution in [2.24, 2.45) is 11.1 Å². The molecule has 1 aliphatic rings. The lowest BCUT2D eigenvalue weighted by Crippen LogP contribution is -2.57. The Kier molecular flexibility index (Phi) is 4.77. The van der Waals surface area contributed by atoms with E-state index in [4.69, 9.17) is 10.8 Å². The molecule has 3 heteroatoms. The summed E-state index contributed by atoms with van der Waals surface area (Å²) in [5.74, 6) is 0. The molecule has 4 N–H and O–H groups in total. The van der Waals surface area contributed by atoms with Crippen LogP contribution in [0.4, 0.5) is 0 Å². The molecule has 0 aromatic carbocycles. The molecule has 1 unspecified atom stereocenters. The fourth-order valence-corrected chi connectivity index (χ4v) is 2.60. The van der Waals surface area contributed by atoms with Crippen molar-refractivity contribution in [3.05, 3.63) is 0 Å². The maximum atomic E-state index is 8.93. The minimum Gasteiger partial charge on any atom is -0.396 e. The van der Waals surface area contributed by atoms with Gasteiger partial charge in [0.05, 0.1) is 0 Å². The first-order chi connectivity index (χ1) is 7.43. The van der Waals surface area contributed by atoms with E-state index in [-0.39, 0.29) is 12.1 Å². The Hall–Kier alpha value is -0.120. The Morgan fingerprint density at radius 2 is 1.81 bits per heavy atom. The molecule has 0 radical (unpaired) electrons. The van der Waals surface area contributed by atoms with Crippen molar-refractivity contribution >= 4 is 0 Å². The molecule has 0 saturated heterocycles. The van der Waals surface area contributed by atoms with Crippen molar-refractivity contribution in [3.63, 3.8) is 0 Å². The average molecular weight is 228 g/mol. The highest BCUT2D eigenvalue weighted by atomic mass is 16.3. The predicted octanol–water partition coefficient (Wildman–Crippen LogP) is 1.64. The summed E-state index contributed by atoms with van der Waals surface area (Å²) in [6.45, 7) is 7.77. The van der Waals surface area contributed by atoms with E-state index in [1.807, 2.05) is 0 Å². The monoisotopic (exact) mass is 228 g/mol. The molecule has 1 fully saturated rings. The molecule has 1 atom stereocenters. The second-order valence-corrected chi connectivity index (χ2v) is 6.21. The van der Waals surface area contributed by atoms with Crippen LogP contribution in [0.3, 0.4) is 0 Å². The van der Waals surface area contributed by atoms with Crippen molar-refractivity contribution in [1.82, 2.24) is 5.32 Å². The first kappa shape index (κ1) is 13.9. The molecule has 0 heterocycles. The summed E-state index contributed by atoms with van der Waals surface area (Å²) >= 11 is 0. The molecule has 3 nitrogen and oxygen atoms in total. The van der Waals surface area contributed by atoms with Gasteiger partial charge >= 0.3 is 0 Å². The van der Waals surface area contributed by atoms with Crippen LogP contribution in [0.5, 0.6) is 0 Å². The van der Waals surface area contributed by atoms with Crippen LogP contribution in [0.1, 0.15) is 52.9 Å². The van der Waals surface area contributed by atoms with Crippen molar-refractivity contribution in [3.8, 4) is 0 Å². The largest absolute Gasteiger partial charge is 0.396 e. The van der Waals surface area contributed by atoms with E-state index in [0.29, 0.717) is 18.0 Å². The molecular weight excluding hydrogens is 200 g/mol. The number of aliphatic hydroxyl groups excluding tert-OH is 1. The zero-order valence-corrected chi connectivity index (χ0v) is 11.1. The summed E-state index contributed by atoms with van der Waals surface area (Å²) in [7, 11) is 0. The Bertz CT molecular complexity index is 206. The van der Waals surface area contributed by atoms with E-state index in [1.165, 1.54) is 12.8 Å². The van der Waals surface area contributed by atoms with Gasteiger partial charge in [0.15, 0.2) is 0 Å². The lowest BCUT2D eigenvalue weighted by molar-refractivity contribution is 0.125. The van der Waals surface area contributed by atoms with Gasteiger partial charge in [0, 0.05) is 24.7 Å². The maximum absolute atomic E-state index is 8.93. The fraction of sp³-hybridized carbons (Fsp3) is 1.00. The molecule has 0 bridgehead atoms. The number of aliphatic hydroxyl groups is 1. The Morgan fingerprint density at radius 1 is 1.25 bits per heavy atom. The van der Waals surface area contributed by atoms with E-state index in [2.05, 4.69) is 26.1 Å². The van der Waals surface area contributed by atoms with Crippen LogP contribution in [-0.4, -0.2) is 29.8 Å². The molecule has 16 heavy (non-hydrogen) atoms. The Morgan fingerprint density at radius 3 is 2.25 bits per heavy atom. The smallest absolute Gasteiger partial charge is 0.0445 e. The number of hydrogen-bond donors (Lipinski definition) is 3. The third-order valence-electron chi connectivity index (χ3n) is 4.07. The average Bonchev–Trinajstić information content (AvgIpc) is 2.22. The van der Waals surface area contributed by atoms with Crippen LogP contribution in [0, 0.1) is 5.41 Å². The Labute approximate surface area is 99.8 Å². The van der Waals surface area contributed by atoms with Gasteiger partial charge in [-0.2, -0.15) is 0 Å². The minimum atomic E-state index is 0.115. The summed E-state index contributed by atoms with van der Waals surface area (Å²) in [6.07, 6.45) is 5.61. The van der Waals surface area contributed by atoms with Crippen molar-refractivity contribution < 1.29 is 5.11 Å². The zero-order chi connectivity index (χ0) is 12.2. The van der Waals surface area contributed by atoms with Gasteiger partial charge in [-0.3, -0.25) is 0 Å². The van der Waals surface area contributed by atoms with Gasteiger partial charge in [-0.15, -0.1) is 0 Å². The topological polar surface area (TPSA) is 58.3 Å². The number of hydrogen-bond acceptors (Lipinski definition) is 3. The normalized spacial score (nSPS) is 25.3. The summed E-state index contributed by atoms with van der Waals surface area (Å²) in [5, 5.41) is 12.6. The van der Waals surface area contributed by atoms with Crippen LogP contribution < -0.4 is 11.1 Å². The second kappa shape index (κ2) is 5.48. The second-order valence-electron chi connectivity index (χ2n) is 6.21. The van der Waals surface area contributed by atoms with E-state index < -0.39 is 0 Å². The highest BCUT2D eigenvalue weighted by Gasteiger charge is 2.37. The number of nitrogens with two attached hydrogens (primary N) is 1. The van der Waals surface area contributed by atoms with E-state index in [0.717, 1.165) is 19.3 Å². The molecule has 0 aromatic rings. The summed E-state index contributed by atoms with van der Waals surface area (Å²) in [4.78, 5) is 0. The first-order valence-electron chi connectivity index (χ1n) is 6.52. The summed E-state index contributed by atoms with van der Waals surface area (Å²) in [5.41, 5.74) is 6.53. The summed E-state index contributed by atoms with van der Waals surface area (Å²) < 4.78 is 0. The van der Waals surface area contributed by atoms with Crippen molar-refractivity contribution in [2.75, 3.05) is 13.2 Å². The van der Waals surface area contributed by atoms with Gasteiger partial charge in [0.2, 0.25) is 0 Å². The van der Waals surface area contributed by atoms with Crippen LogP contribution >= 0.6 is 0 Å². The molecule has 96 valence electrons. The van der Waals surface area contributed by atoms with Crippen molar-refractivity contribution in [1.29, 1.82) is 0 Å². The highest BCUT2D eigenvalue weighted by molar-refractivity contribution is 4.97. The molecule has 0 spiro atoms. The fourth-order valence-electron chi connectivity index (χ4n) is 2.60. The van der Waals surface area contributed by atoms with Gasteiger partial charge in [-0.25, -0.2) is 0 Å². The lowest BCUT2D eigenvalue weighted by atomic mass is 9.69. The molecule has 1 saturated carbocycles. The molecule has 1 rings (SSSR count). The third kappa shape index (κ3) is 3.72. The van der Waals surface area contributed by atoms with Crippen LogP contribution in [0.15, 0.2) is 0 Å². The first-order valence-corrected chi connectivity index (χ1v) is 6.52. The Balaban J connectivity index is 2.52. The van der Waals surface area contributed by atoms with Gasteiger partial charge in [-0.05, 0) is 44.4 Å². The van der Waals surface area contributed by atoms with Crippen LogP contribution in [0.2, 0.25) is 0 Å². The van der Waals surface area contributed by atoms with E-state index >= 15 is 0 Å². The van der Waals surface area contributed by atoms with E-state index in [9.17, 15) is 0 Å². The SMILES string of the molecule is CC(CCO)NC1(CN)CCC(C)(C)CC1. The highest BCUT2D eigenvalue weighted by Crippen LogP contribution is 2.39. The standard InChI is InChI=1S/C13H28N2O/c1-11(4-9-16)15-13(10-14)7-5-12(2,3)6-8-13/h11,15-16H,4-10,14H2,1-3H3. The molecule has 0 aliphatic heterocycles. The molecule has 1 aliphatic carbocycles. The summed E-state index contributed by atoms with van der Waals surface area (Å²) in [6, 6.07) is 0.356.